The molecule has 1 fully saturated rings. The van der Waals surface area contributed by atoms with Gasteiger partial charge in [-0.1, -0.05) is 29.8 Å². The van der Waals surface area contributed by atoms with Crippen LogP contribution < -0.4 is 16.0 Å². The molecule has 0 bridgehead atoms. The SMILES string of the molecule is CN=C(NCCNC(=O)C1CC1)NCc1ccc(C)cc1. The molecule has 0 aromatic heterocycles. The number of hydrogen-bond donors (Lipinski definition) is 3. The molecular weight excluding hydrogens is 264 g/mol. The number of benzene rings is 1. The van der Waals surface area contributed by atoms with Crippen molar-refractivity contribution in [2.75, 3.05) is 20.1 Å². The third kappa shape index (κ3) is 5.45. The predicted molar refractivity (Wildman–Crippen MR) is 85.1 cm³/mol. The molecule has 1 saturated carbocycles. The molecule has 0 saturated heterocycles. The van der Waals surface area contributed by atoms with Crippen LogP contribution >= 0.6 is 0 Å². The molecule has 0 atom stereocenters. The van der Waals surface area contributed by atoms with Gasteiger partial charge in [0.25, 0.3) is 0 Å². The molecule has 5 heteroatoms. The van der Waals surface area contributed by atoms with E-state index in [2.05, 4.69) is 52.1 Å². The monoisotopic (exact) mass is 288 g/mol. The molecular formula is C16H24N4O. The number of rotatable bonds is 6. The summed E-state index contributed by atoms with van der Waals surface area (Å²) in [6, 6.07) is 8.40. The number of guanidine groups is 1. The van der Waals surface area contributed by atoms with Gasteiger partial charge in [0.1, 0.15) is 0 Å². The first kappa shape index (κ1) is 15.4. The molecule has 5 nitrogen and oxygen atoms in total. The third-order valence-corrected chi connectivity index (χ3v) is 3.47. The lowest BCUT2D eigenvalue weighted by molar-refractivity contribution is -0.122. The van der Waals surface area contributed by atoms with E-state index < -0.39 is 0 Å². The lowest BCUT2D eigenvalue weighted by Gasteiger charge is -2.12. The second-order valence-electron chi connectivity index (χ2n) is 5.40. The molecule has 0 spiro atoms. The van der Waals surface area contributed by atoms with Crippen molar-refractivity contribution in [2.24, 2.45) is 10.9 Å². The van der Waals surface area contributed by atoms with E-state index in [9.17, 15) is 4.79 Å². The summed E-state index contributed by atoms with van der Waals surface area (Å²) >= 11 is 0. The third-order valence-electron chi connectivity index (χ3n) is 3.47. The Labute approximate surface area is 126 Å². The van der Waals surface area contributed by atoms with Crippen LogP contribution in [0, 0.1) is 12.8 Å². The molecule has 0 aliphatic heterocycles. The fourth-order valence-electron chi connectivity index (χ4n) is 1.97. The molecule has 114 valence electrons. The first-order chi connectivity index (χ1) is 10.2. The maximum Gasteiger partial charge on any atom is 0.223 e. The van der Waals surface area contributed by atoms with Crippen molar-refractivity contribution in [3.8, 4) is 0 Å². The minimum atomic E-state index is 0.180. The summed E-state index contributed by atoms with van der Waals surface area (Å²) in [5, 5.41) is 9.36. The average molecular weight is 288 g/mol. The van der Waals surface area contributed by atoms with Crippen LogP contribution in [0.15, 0.2) is 29.3 Å². The van der Waals surface area contributed by atoms with E-state index in [1.54, 1.807) is 7.05 Å². The smallest absolute Gasteiger partial charge is 0.223 e. The largest absolute Gasteiger partial charge is 0.355 e. The Balaban J connectivity index is 1.63. The van der Waals surface area contributed by atoms with E-state index in [4.69, 9.17) is 0 Å². The van der Waals surface area contributed by atoms with Gasteiger partial charge in [-0.3, -0.25) is 9.79 Å². The molecule has 2 rings (SSSR count). The van der Waals surface area contributed by atoms with Crippen LogP contribution in [-0.4, -0.2) is 32.0 Å². The van der Waals surface area contributed by atoms with Crippen molar-refractivity contribution in [1.29, 1.82) is 0 Å². The zero-order valence-corrected chi connectivity index (χ0v) is 12.8. The highest BCUT2D eigenvalue weighted by atomic mass is 16.2. The molecule has 0 radical (unpaired) electrons. The Morgan fingerprint density at radius 3 is 2.43 bits per heavy atom. The van der Waals surface area contributed by atoms with Crippen LogP contribution in [0.25, 0.3) is 0 Å². The average Bonchev–Trinajstić information content (AvgIpc) is 3.33. The van der Waals surface area contributed by atoms with Crippen molar-refractivity contribution in [3.05, 3.63) is 35.4 Å². The van der Waals surface area contributed by atoms with Gasteiger partial charge in [-0.15, -0.1) is 0 Å². The maximum atomic E-state index is 11.5. The van der Waals surface area contributed by atoms with Gasteiger partial charge in [0.2, 0.25) is 5.91 Å². The summed E-state index contributed by atoms with van der Waals surface area (Å²) < 4.78 is 0. The Morgan fingerprint density at radius 1 is 1.14 bits per heavy atom. The van der Waals surface area contributed by atoms with Gasteiger partial charge in [0.15, 0.2) is 5.96 Å². The predicted octanol–water partition coefficient (Wildman–Crippen LogP) is 1.19. The van der Waals surface area contributed by atoms with Crippen LogP contribution in [0.3, 0.4) is 0 Å². The Hall–Kier alpha value is -2.04. The first-order valence-corrected chi connectivity index (χ1v) is 7.47. The highest BCUT2D eigenvalue weighted by Gasteiger charge is 2.28. The number of hydrogen-bond acceptors (Lipinski definition) is 2. The van der Waals surface area contributed by atoms with Gasteiger partial charge in [-0.25, -0.2) is 0 Å². The van der Waals surface area contributed by atoms with Crippen molar-refractivity contribution in [3.63, 3.8) is 0 Å². The summed E-state index contributed by atoms with van der Waals surface area (Å²) in [6.45, 7) is 4.11. The fraction of sp³-hybridized carbons (Fsp3) is 0.500. The van der Waals surface area contributed by atoms with Gasteiger partial charge in [0.05, 0.1) is 0 Å². The van der Waals surface area contributed by atoms with E-state index in [-0.39, 0.29) is 11.8 Å². The summed E-state index contributed by atoms with van der Waals surface area (Å²) in [7, 11) is 1.74. The van der Waals surface area contributed by atoms with Crippen molar-refractivity contribution < 1.29 is 4.79 Å². The quantitative estimate of drug-likeness (QED) is 0.418. The number of aryl methyl sites for hydroxylation is 1. The molecule has 21 heavy (non-hydrogen) atoms. The van der Waals surface area contributed by atoms with Crippen LogP contribution in [-0.2, 0) is 11.3 Å². The normalized spacial score (nSPS) is 14.7. The van der Waals surface area contributed by atoms with Crippen molar-refractivity contribution in [2.45, 2.75) is 26.3 Å². The number of amides is 1. The van der Waals surface area contributed by atoms with E-state index in [1.165, 1.54) is 11.1 Å². The minimum absolute atomic E-state index is 0.180. The second kappa shape index (κ2) is 7.67. The fourth-order valence-corrected chi connectivity index (χ4v) is 1.97. The summed E-state index contributed by atoms with van der Waals surface area (Å²) in [6.07, 6.45) is 2.08. The maximum absolute atomic E-state index is 11.5. The van der Waals surface area contributed by atoms with Gasteiger partial charge < -0.3 is 16.0 Å². The lowest BCUT2D eigenvalue weighted by atomic mass is 10.1. The highest BCUT2D eigenvalue weighted by Crippen LogP contribution is 2.28. The highest BCUT2D eigenvalue weighted by molar-refractivity contribution is 5.81. The molecule has 0 heterocycles. The minimum Gasteiger partial charge on any atom is -0.355 e. The lowest BCUT2D eigenvalue weighted by Crippen LogP contribution is -2.41. The molecule has 1 amide bonds. The number of nitrogens with zero attached hydrogens (tertiary/aromatic N) is 1. The van der Waals surface area contributed by atoms with Gasteiger partial charge in [-0.05, 0) is 25.3 Å². The van der Waals surface area contributed by atoms with Crippen molar-refractivity contribution in [1.82, 2.24) is 16.0 Å². The van der Waals surface area contributed by atoms with E-state index >= 15 is 0 Å². The molecule has 3 N–H and O–H groups in total. The van der Waals surface area contributed by atoms with E-state index in [0.717, 1.165) is 25.3 Å². The summed E-state index contributed by atoms with van der Waals surface area (Å²) in [4.78, 5) is 15.6. The molecule has 1 aliphatic carbocycles. The number of nitrogens with one attached hydrogen (secondary N) is 3. The van der Waals surface area contributed by atoms with Gasteiger partial charge in [0, 0.05) is 32.6 Å². The van der Waals surface area contributed by atoms with Gasteiger partial charge in [-0.2, -0.15) is 0 Å². The van der Waals surface area contributed by atoms with Crippen molar-refractivity contribution >= 4 is 11.9 Å². The zero-order chi connectivity index (χ0) is 15.1. The number of carbonyl (C=O) groups is 1. The van der Waals surface area contributed by atoms with E-state index in [0.29, 0.717) is 13.1 Å². The van der Waals surface area contributed by atoms with Crippen LogP contribution in [0.5, 0.6) is 0 Å². The second-order valence-corrected chi connectivity index (χ2v) is 5.40. The number of carbonyl (C=O) groups excluding carboxylic acids is 1. The Kier molecular flexibility index (Phi) is 5.60. The topological polar surface area (TPSA) is 65.5 Å². The molecule has 1 aromatic rings. The zero-order valence-electron chi connectivity index (χ0n) is 12.8. The number of aliphatic imine (C=N–C) groups is 1. The van der Waals surface area contributed by atoms with Crippen LogP contribution in [0.2, 0.25) is 0 Å². The van der Waals surface area contributed by atoms with E-state index in [1.807, 2.05) is 0 Å². The summed E-state index contributed by atoms with van der Waals surface area (Å²) in [5.74, 6) is 1.19. The van der Waals surface area contributed by atoms with Crippen LogP contribution in [0.1, 0.15) is 24.0 Å². The Bertz CT molecular complexity index is 492. The standard InChI is InChI=1S/C16H24N4O/c1-12-3-5-13(6-4-12)11-20-16(17-2)19-10-9-18-15(21)14-7-8-14/h3-6,14H,7-11H2,1-2H3,(H,18,21)(H2,17,19,20). The molecule has 0 unspecified atom stereocenters. The summed E-state index contributed by atoms with van der Waals surface area (Å²) in [5.41, 5.74) is 2.47. The van der Waals surface area contributed by atoms with Gasteiger partial charge >= 0.3 is 0 Å². The first-order valence-electron chi connectivity index (χ1n) is 7.47. The van der Waals surface area contributed by atoms with Crippen LogP contribution in [0.4, 0.5) is 0 Å². The molecule has 1 aromatic carbocycles. The molecule has 1 aliphatic rings. The Morgan fingerprint density at radius 2 is 1.81 bits per heavy atom.